The number of aromatic nitrogens is 1. The molecule has 5 heteroatoms. The third-order valence-corrected chi connectivity index (χ3v) is 4.28. The molecule has 0 aliphatic rings. The molecule has 0 spiro atoms. The molecule has 0 unspecified atom stereocenters. The molecule has 0 amide bonds. The zero-order valence-corrected chi connectivity index (χ0v) is 12.1. The van der Waals surface area contributed by atoms with Crippen LogP contribution in [-0.2, 0) is 6.54 Å². The molecular formula is C13H12Cl2N2S. The van der Waals surface area contributed by atoms with E-state index in [9.17, 15) is 0 Å². The molecule has 0 fully saturated rings. The van der Waals surface area contributed by atoms with E-state index >= 15 is 0 Å². The van der Waals surface area contributed by atoms with Crippen molar-refractivity contribution in [2.24, 2.45) is 5.73 Å². The maximum atomic E-state index is 5.99. The second-order valence-electron chi connectivity index (χ2n) is 3.85. The summed E-state index contributed by atoms with van der Waals surface area (Å²) in [5.74, 6) is 0. The van der Waals surface area contributed by atoms with Crippen LogP contribution >= 0.6 is 35.0 Å². The summed E-state index contributed by atoms with van der Waals surface area (Å²) in [7, 11) is 0. The molecule has 0 saturated carbocycles. The van der Waals surface area contributed by atoms with Gasteiger partial charge in [-0.3, -0.25) is 0 Å². The smallest absolute Gasteiger partial charge is 0.104 e. The summed E-state index contributed by atoms with van der Waals surface area (Å²) in [4.78, 5) is 5.42. The molecule has 0 radical (unpaired) electrons. The first-order valence-electron chi connectivity index (χ1n) is 5.38. The highest BCUT2D eigenvalue weighted by Gasteiger charge is 2.06. The molecule has 2 nitrogen and oxygen atoms in total. The minimum Gasteiger partial charge on any atom is -0.326 e. The van der Waals surface area contributed by atoms with Gasteiger partial charge < -0.3 is 5.73 Å². The monoisotopic (exact) mass is 298 g/mol. The summed E-state index contributed by atoms with van der Waals surface area (Å²) in [5, 5.41) is 2.06. The van der Waals surface area contributed by atoms with Crippen molar-refractivity contribution in [3.05, 3.63) is 51.6 Å². The number of nitrogens with two attached hydrogens (primary N) is 1. The van der Waals surface area contributed by atoms with Gasteiger partial charge in [0.25, 0.3) is 0 Å². The van der Waals surface area contributed by atoms with Gasteiger partial charge in [-0.25, -0.2) is 4.98 Å². The lowest BCUT2D eigenvalue weighted by Gasteiger charge is -2.07. The zero-order valence-electron chi connectivity index (χ0n) is 9.78. The van der Waals surface area contributed by atoms with E-state index in [1.165, 1.54) is 0 Å². The van der Waals surface area contributed by atoms with Crippen LogP contribution in [0.25, 0.3) is 0 Å². The number of nitrogens with zero attached hydrogens (tertiary/aromatic N) is 1. The van der Waals surface area contributed by atoms with Crippen molar-refractivity contribution >= 4 is 35.0 Å². The van der Waals surface area contributed by atoms with Crippen LogP contribution in [0.4, 0.5) is 0 Å². The minimum absolute atomic E-state index is 0.506. The number of rotatable bonds is 3. The van der Waals surface area contributed by atoms with Crippen LogP contribution in [-0.4, -0.2) is 4.98 Å². The van der Waals surface area contributed by atoms with Crippen LogP contribution in [0.2, 0.25) is 10.0 Å². The summed E-state index contributed by atoms with van der Waals surface area (Å²) < 4.78 is 0. The van der Waals surface area contributed by atoms with Gasteiger partial charge in [0.05, 0.1) is 10.0 Å². The number of hydrogen-bond acceptors (Lipinski definition) is 3. The maximum absolute atomic E-state index is 5.99. The fourth-order valence-corrected chi connectivity index (χ4v) is 2.72. The van der Waals surface area contributed by atoms with Gasteiger partial charge in [-0.05, 0) is 36.2 Å². The van der Waals surface area contributed by atoms with Crippen molar-refractivity contribution in [2.75, 3.05) is 0 Å². The Morgan fingerprint density at radius 1 is 1.22 bits per heavy atom. The molecule has 2 N–H and O–H groups in total. The van der Waals surface area contributed by atoms with Crippen molar-refractivity contribution in [1.82, 2.24) is 4.98 Å². The van der Waals surface area contributed by atoms with Gasteiger partial charge >= 0.3 is 0 Å². The summed E-state index contributed by atoms with van der Waals surface area (Å²) >= 11 is 13.4. The first-order valence-corrected chi connectivity index (χ1v) is 6.96. The van der Waals surface area contributed by atoms with E-state index in [0.29, 0.717) is 16.6 Å². The largest absolute Gasteiger partial charge is 0.326 e. The normalized spacial score (nSPS) is 10.7. The molecule has 2 aromatic rings. The number of pyridine rings is 1. The molecule has 2 rings (SSSR count). The van der Waals surface area contributed by atoms with Crippen LogP contribution in [0.15, 0.2) is 40.4 Å². The van der Waals surface area contributed by atoms with Gasteiger partial charge in [0, 0.05) is 17.6 Å². The topological polar surface area (TPSA) is 38.9 Å². The molecule has 94 valence electrons. The Morgan fingerprint density at radius 3 is 2.61 bits per heavy atom. The Hall–Kier alpha value is -0.740. The maximum Gasteiger partial charge on any atom is 0.104 e. The van der Waals surface area contributed by atoms with Gasteiger partial charge in [-0.2, -0.15) is 0 Å². The van der Waals surface area contributed by atoms with Crippen LogP contribution in [0.3, 0.4) is 0 Å². The molecule has 1 heterocycles. The van der Waals surface area contributed by atoms with E-state index in [4.69, 9.17) is 28.9 Å². The number of aryl methyl sites for hydroxylation is 1. The fraction of sp³-hybridized carbons (Fsp3) is 0.154. The molecule has 1 aromatic carbocycles. The van der Waals surface area contributed by atoms with Crippen molar-refractivity contribution in [3.8, 4) is 0 Å². The van der Waals surface area contributed by atoms with Gasteiger partial charge in [-0.15, -0.1) is 0 Å². The highest BCUT2D eigenvalue weighted by molar-refractivity contribution is 7.99. The highest BCUT2D eigenvalue weighted by atomic mass is 35.5. The van der Waals surface area contributed by atoms with E-state index < -0.39 is 0 Å². The zero-order chi connectivity index (χ0) is 13.1. The summed E-state index contributed by atoms with van der Waals surface area (Å²) in [6, 6.07) is 7.60. The van der Waals surface area contributed by atoms with Gasteiger partial charge in [0.15, 0.2) is 0 Å². The Morgan fingerprint density at radius 2 is 2.00 bits per heavy atom. The lowest BCUT2D eigenvalue weighted by Crippen LogP contribution is -1.98. The van der Waals surface area contributed by atoms with Crippen LogP contribution in [0.5, 0.6) is 0 Å². The van der Waals surface area contributed by atoms with E-state index in [1.54, 1.807) is 24.0 Å². The lowest BCUT2D eigenvalue weighted by atomic mass is 10.2. The predicted molar refractivity (Wildman–Crippen MR) is 77.5 cm³/mol. The molecule has 0 bridgehead atoms. The highest BCUT2D eigenvalue weighted by Crippen LogP contribution is 2.33. The average molecular weight is 299 g/mol. The third kappa shape index (κ3) is 3.18. The molecule has 0 aliphatic heterocycles. The summed E-state index contributed by atoms with van der Waals surface area (Å²) in [6.45, 7) is 2.53. The SMILES string of the molecule is Cc1cc(CN)cnc1Sc1ccc(Cl)c(Cl)c1. The second-order valence-corrected chi connectivity index (χ2v) is 5.72. The van der Waals surface area contributed by atoms with Crippen molar-refractivity contribution in [2.45, 2.75) is 23.4 Å². The van der Waals surface area contributed by atoms with Crippen molar-refractivity contribution in [1.29, 1.82) is 0 Å². The van der Waals surface area contributed by atoms with Crippen molar-refractivity contribution < 1.29 is 0 Å². The van der Waals surface area contributed by atoms with E-state index in [0.717, 1.165) is 21.0 Å². The molecular weight excluding hydrogens is 287 g/mol. The predicted octanol–water partition coefficient (Wildman–Crippen LogP) is 4.31. The van der Waals surface area contributed by atoms with Crippen molar-refractivity contribution in [3.63, 3.8) is 0 Å². The quantitative estimate of drug-likeness (QED) is 0.918. The minimum atomic E-state index is 0.506. The standard InChI is InChI=1S/C13H12Cl2N2S/c1-8-4-9(6-16)7-17-13(8)18-10-2-3-11(14)12(15)5-10/h2-5,7H,6,16H2,1H3. The van der Waals surface area contributed by atoms with Crippen LogP contribution in [0.1, 0.15) is 11.1 Å². The Kier molecular flexibility index (Phi) is 4.51. The molecule has 0 saturated heterocycles. The number of benzene rings is 1. The third-order valence-electron chi connectivity index (χ3n) is 2.43. The number of hydrogen-bond donors (Lipinski definition) is 1. The van der Waals surface area contributed by atoms with Gasteiger partial charge in [0.2, 0.25) is 0 Å². The first kappa shape index (κ1) is 13.7. The summed E-state index contributed by atoms with van der Waals surface area (Å²) in [6.07, 6.45) is 1.80. The van der Waals surface area contributed by atoms with Gasteiger partial charge in [-0.1, -0.05) is 41.0 Å². The Bertz CT molecular complexity index is 573. The van der Waals surface area contributed by atoms with Gasteiger partial charge in [0.1, 0.15) is 5.03 Å². The Balaban J connectivity index is 2.25. The van der Waals surface area contributed by atoms with E-state index in [1.807, 2.05) is 25.1 Å². The molecule has 18 heavy (non-hydrogen) atoms. The summed E-state index contributed by atoms with van der Waals surface area (Å²) in [5.41, 5.74) is 7.72. The van der Waals surface area contributed by atoms with Crippen LogP contribution in [0, 0.1) is 6.92 Å². The molecule has 0 atom stereocenters. The van der Waals surface area contributed by atoms with Crippen LogP contribution < -0.4 is 5.73 Å². The molecule has 1 aromatic heterocycles. The lowest BCUT2D eigenvalue weighted by molar-refractivity contribution is 0.988. The van der Waals surface area contributed by atoms with E-state index in [-0.39, 0.29) is 0 Å². The number of halogens is 2. The van der Waals surface area contributed by atoms with E-state index in [2.05, 4.69) is 4.98 Å². The average Bonchev–Trinajstić information content (AvgIpc) is 2.36. The second kappa shape index (κ2) is 5.93. The first-order chi connectivity index (χ1) is 8.60. The fourth-order valence-electron chi connectivity index (χ4n) is 1.49. The Labute approximate surface area is 121 Å². The molecule has 0 aliphatic carbocycles.